The predicted molar refractivity (Wildman–Crippen MR) is 69.0 cm³/mol. The zero-order chi connectivity index (χ0) is 13.1. The molecule has 0 bridgehead atoms. The van der Waals surface area contributed by atoms with Crippen molar-refractivity contribution in [3.63, 3.8) is 0 Å². The number of nitrogens with two attached hydrogens (primary N) is 1. The molecule has 1 saturated heterocycles. The van der Waals surface area contributed by atoms with Gasteiger partial charge in [0.15, 0.2) is 0 Å². The Morgan fingerprint density at radius 2 is 2.39 bits per heavy atom. The molecule has 0 saturated carbocycles. The van der Waals surface area contributed by atoms with Crippen LogP contribution in [0.3, 0.4) is 0 Å². The number of nitrogens with zero attached hydrogens (tertiary/aromatic N) is 2. The summed E-state index contributed by atoms with van der Waals surface area (Å²) < 4.78 is 0. The Bertz CT molecular complexity index is 417. The molecule has 2 rings (SSSR count). The third kappa shape index (κ3) is 2.79. The van der Waals surface area contributed by atoms with E-state index in [4.69, 9.17) is 5.73 Å². The van der Waals surface area contributed by atoms with Crippen molar-refractivity contribution in [3.05, 3.63) is 24.0 Å². The van der Waals surface area contributed by atoms with Crippen molar-refractivity contribution in [1.29, 1.82) is 0 Å². The zero-order valence-electron chi connectivity index (χ0n) is 10.5. The average molecular weight is 249 g/mol. The van der Waals surface area contributed by atoms with E-state index in [2.05, 4.69) is 9.88 Å². The topological polar surface area (TPSA) is 79.5 Å². The highest BCUT2D eigenvalue weighted by molar-refractivity contribution is 5.77. The molecular formula is C13H19N3O2. The second-order valence-electron chi connectivity index (χ2n) is 4.80. The average Bonchev–Trinajstić information content (AvgIpc) is 2.39. The molecule has 1 amide bonds. The number of hydrogen-bond donors (Lipinski definition) is 2. The highest BCUT2D eigenvalue weighted by Gasteiger charge is 2.24. The first kappa shape index (κ1) is 12.8. The van der Waals surface area contributed by atoms with Gasteiger partial charge in [0.1, 0.15) is 0 Å². The van der Waals surface area contributed by atoms with E-state index < -0.39 is 6.10 Å². The summed E-state index contributed by atoms with van der Waals surface area (Å²) >= 11 is 0. The first-order valence-electron chi connectivity index (χ1n) is 6.26. The lowest BCUT2D eigenvalue weighted by Crippen LogP contribution is -2.41. The second kappa shape index (κ2) is 5.35. The lowest BCUT2D eigenvalue weighted by molar-refractivity contribution is -0.122. The van der Waals surface area contributed by atoms with E-state index in [1.165, 1.54) is 0 Å². The van der Waals surface area contributed by atoms with Crippen LogP contribution in [-0.2, 0) is 4.79 Å². The monoisotopic (exact) mass is 249 g/mol. The summed E-state index contributed by atoms with van der Waals surface area (Å²) in [5.74, 6) is -0.302. The molecule has 0 aliphatic carbocycles. The zero-order valence-corrected chi connectivity index (χ0v) is 10.5. The number of amides is 1. The van der Waals surface area contributed by atoms with Crippen LogP contribution in [0.5, 0.6) is 0 Å². The summed E-state index contributed by atoms with van der Waals surface area (Å²) in [7, 11) is 0. The number of carbonyl (C=O) groups is 1. The van der Waals surface area contributed by atoms with Crippen LogP contribution in [0, 0.1) is 5.92 Å². The number of rotatable bonds is 3. The van der Waals surface area contributed by atoms with E-state index in [1.807, 2.05) is 12.1 Å². The molecule has 18 heavy (non-hydrogen) atoms. The molecule has 1 aliphatic heterocycles. The van der Waals surface area contributed by atoms with Crippen molar-refractivity contribution in [2.24, 2.45) is 11.7 Å². The van der Waals surface area contributed by atoms with Crippen LogP contribution in [0.2, 0.25) is 0 Å². The molecule has 1 aromatic rings. The van der Waals surface area contributed by atoms with Crippen molar-refractivity contribution >= 4 is 11.6 Å². The summed E-state index contributed by atoms with van der Waals surface area (Å²) in [6.45, 7) is 3.26. The normalized spacial score (nSPS) is 21.7. The Balaban J connectivity index is 2.09. The Kier molecular flexibility index (Phi) is 3.81. The lowest BCUT2D eigenvalue weighted by atomic mass is 9.97. The van der Waals surface area contributed by atoms with Crippen LogP contribution in [0.25, 0.3) is 0 Å². The summed E-state index contributed by atoms with van der Waals surface area (Å²) in [5.41, 5.74) is 6.99. The highest BCUT2D eigenvalue weighted by atomic mass is 16.3. The van der Waals surface area contributed by atoms with Gasteiger partial charge in [0.25, 0.3) is 0 Å². The molecule has 98 valence electrons. The number of aliphatic hydroxyl groups excluding tert-OH is 1. The molecule has 5 nitrogen and oxygen atoms in total. The van der Waals surface area contributed by atoms with Gasteiger partial charge in [0.05, 0.1) is 29.6 Å². The molecule has 2 atom stereocenters. The number of aliphatic hydroxyl groups is 1. The van der Waals surface area contributed by atoms with Crippen molar-refractivity contribution in [3.8, 4) is 0 Å². The minimum absolute atomic E-state index is 0.0739. The summed E-state index contributed by atoms with van der Waals surface area (Å²) in [6.07, 6.45) is 3.01. The largest absolute Gasteiger partial charge is 0.387 e. The quantitative estimate of drug-likeness (QED) is 0.831. The number of primary amides is 1. The third-order valence-electron chi connectivity index (χ3n) is 3.39. The van der Waals surface area contributed by atoms with E-state index in [0.29, 0.717) is 12.2 Å². The van der Waals surface area contributed by atoms with Gasteiger partial charge in [-0.25, -0.2) is 0 Å². The van der Waals surface area contributed by atoms with Crippen LogP contribution >= 0.6 is 0 Å². The lowest BCUT2D eigenvalue weighted by Gasteiger charge is -2.32. The Morgan fingerprint density at radius 1 is 1.61 bits per heavy atom. The first-order chi connectivity index (χ1) is 8.58. The molecule has 2 unspecified atom stereocenters. The van der Waals surface area contributed by atoms with Gasteiger partial charge < -0.3 is 15.7 Å². The fraction of sp³-hybridized carbons (Fsp3) is 0.538. The van der Waals surface area contributed by atoms with Gasteiger partial charge in [-0.1, -0.05) is 0 Å². The number of aromatic nitrogens is 1. The maximum Gasteiger partial charge on any atom is 0.222 e. The number of carbonyl (C=O) groups excluding carboxylic acids is 1. The van der Waals surface area contributed by atoms with Gasteiger partial charge in [-0.2, -0.15) is 0 Å². The van der Waals surface area contributed by atoms with Crippen LogP contribution < -0.4 is 10.6 Å². The van der Waals surface area contributed by atoms with E-state index in [1.54, 1.807) is 13.1 Å². The number of anilines is 1. The van der Waals surface area contributed by atoms with Crippen molar-refractivity contribution in [2.75, 3.05) is 18.0 Å². The molecule has 1 aromatic heterocycles. The van der Waals surface area contributed by atoms with Gasteiger partial charge in [0.2, 0.25) is 5.91 Å². The van der Waals surface area contributed by atoms with Crippen LogP contribution in [0.1, 0.15) is 31.6 Å². The van der Waals surface area contributed by atoms with Crippen molar-refractivity contribution in [2.45, 2.75) is 25.9 Å². The molecule has 2 heterocycles. The number of hydrogen-bond acceptors (Lipinski definition) is 4. The fourth-order valence-corrected chi connectivity index (χ4v) is 2.28. The summed E-state index contributed by atoms with van der Waals surface area (Å²) in [4.78, 5) is 17.6. The SMILES string of the molecule is CC(O)c1ccc(N2CCCC(C(N)=O)C2)cn1. The second-order valence-corrected chi connectivity index (χ2v) is 4.80. The number of piperidine rings is 1. The van der Waals surface area contributed by atoms with E-state index in [9.17, 15) is 9.90 Å². The van der Waals surface area contributed by atoms with E-state index >= 15 is 0 Å². The minimum Gasteiger partial charge on any atom is -0.387 e. The highest BCUT2D eigenvalue weighted by Crippen LogP contribution is 2.23. The van der Waals surface area contributed by atoms with Gasteiger partial charge in [0, 0.05) is 13.1 Å². The van der Waals surface area contributed by atoms with Crippen LogP contribution in [0.4, 0.5) is 5.69 Å². The minimum atomic E-state index is -0.557. The van der Waals surface area contributed by atoms with E-state index in [0.717, 1.165) is 25.1 Å². The smallest absolute Gasteiger partial charge is 0.222 e. The van der Waals surface area contributed by atoms with Gasteiger partial charge in [-0.15, -0.1) is 0 Å². The molecule has 0 radical (unpaired) electrons. The van der Waals surface area contributed by atoms with Crippen LogP contribution in [-0.4, -0.2) is 29.1 Å². The molecule has 1 aliphatic rings. The fourth-order valence-electron chi connectivity index (χ4n) is 2.28. The molecule has 1 fully saturated rings. The van der Waals surface area contributed by atoms with Crippen molar-refractivity contribution < 1.29 is 9.90 Å². The summed E-state index contributed by atoms with van der Waals surface area (Å²) in [5, 5.41) is 9.40. The van der Waals surface area contributed by atoms with Gasteiger partial charge in [-0.05, 0) is 31.9 Å². The van der Waals surface area contributed by atoms with Crippen molar-refractivity contribution in [1.82, 2.24) is 4.98 Å². The molecule has 0 spiro atoms. The summed E-state index contributed by atoms with van der Waals surface area (Å²) in [6, 6.07) is 3.74. The first-order valence-corrected chi connectivity index (χ1v) is 6.26. The maximum atomic E-state index is 11.2. The van der Waals surface area contributed by atoms with Gasteiger partial charge in [-0.3, -0.25) is 9.78 Å². The van der Waals surface area contributed by atoms with Crippen LogP contribution in [0.15, 0.2) is 18.3 Å². The Labute approximate surface area is 107 Å². The molecular weight excluding hydrogens is 230 g/mol. The standard InChI is InChI=1S/C13H19N3O2/c1-9(17)12-5-4-11(7-15-12)16-6-2-3-10(8-16)13(14)18/h4-5,7,9-10,17H,2-3,6,8H2,1H3,(H2,14,18). The Hall–Kier alpha value is -1.62. The number of pyridine rings is 1. The van der Waals surface area contributed by atoms with E-state index in [-0.39, 0.29) is 11.8 Å². The third-order valence-corrected chi connectivity index (χ3v) is 3.39. The molecule has 5 heteroatoms. The molecule has 0 aromatic carbocycles. The Morgan fingerprint density at radius 3 is 2.94 bits per heavy atom. The maximum absolute atomic E-state index is 11.2. The van der Waals surface area contributed by atoms with Gasteiger partial charge >= 0.3 is 0 Å². The predicted octanol–water partition coefficient (Wildman–Crippen LogP) is 0.837. The molecule has 3 N–H and O–H groups in total.